The average molecular weight is 511 g/mol. The van der Waals surface area contributed by atoms with E-state index in [2.05, 4.69) is 6.92 Å². The highest BCUT2D eigenvalue weighted by Crippen LogP contribution is 2.43. The Hall–Kier alpha value is -0.990. The molecule has 1 unspecified atom stereocenters. The smallest absolute Gasteiger partial charge is 0.462 e. The molecule has 0 spiro atoms. The summed E-state index contributed by atoms with van der Waals surface area (Å²) in [5.74, 6) is -0.865. The van der Waals surface area contributed by atoms with Crippen LogP contribution in [0.5, 0.6) is 0 Å². The molecule has 0 heterocycles. The number of hydrogen-bond acceptors (Lipinski definition) is 7. The summed E-state index contributed by atoms with van der Waals surface area (Å²) in [4.78, 5) is 33.8. The molecule has 0 aliphatic rings. The van der Waals surface area contributed by atoms with E-state index >= 15 is 0 Å². The minimum atomic E-state index is -4.32. The molecule has 0 amide bonds. The number of hydrogen-bond donors (Lipinski definition) is 1. The van der Waals surface area contributed by atoms with E-state index in [4.69, 9.17) is 18.5 Å². The summed E-state index contributed by atoms with van der Waals surface area (Å²) >= 11 is 0. The first-order valence-corrected chi connectivity index (χ1v) is 14.3. The van der Waals surface area contributed by atoms with Gasteiger partial charge in [-0.3, -0.25) is 18.6 Å². The molecule has 1 N–H and O–H groups in total. The van der Waals surface area contributed by atoms with Crippen LogP contribution in [0.1, 0.15) is 90.9 Å². The maximum atomic E-state index is 12.1. The minimum Gasteiger partial charge on any atom is -0.462 e. The largest absolute Gasteiger partial charge is 0.472 e. The van der Waals surface area contributed by atoms with E-state index in [9.17, 15) is 19.0 Å². The summed E-state index contributed by atoms with van der Waals surface area (Å²) in [5.41, 5.74) is 0. The molecule has 0 aliphatic carbocycles. The molecule has 0 aromatic carbocycles. The Morgan fingerprint density at radius 3 is 1.94 bits per heavy atom. The van der Waals surface area contributed by atoms with E-state index in [1.165, 1.54) is 38.5 Å². The Labute approximate surface area is 206 Å². The Bertz CT molecular complexity index is 594. The van der Waals surface area contributed by atoms with Crippen LogP contribution in [0.3, 0.4) is 0 Å². The van der Waals surface area contributed by atoms with Gasteiger partial charge in [-0.1, -0.05) is 65.2 Å². The molecule has 0 radical (unpaired) electrons. The van der Waals surface area contributed by atoms with Crippen molar-refractivity contribution in [2.75, 3.05) is 47.5 Å². The average Bonchev–Trinajstić information content (AvgIpc) is 2.73. The quantitative estimate of drug-likeness (QED) is 0.0938. The highest BCUT2D eigenvalue weighted by atomic mass is 31.2. The van der Waals surface area contributed by atoms with E-state index < -0.39 is 26.5 Å². The number of rotatable bonds is 22. The third-order valence-corrected chi connectivity index (χ3v) is 6.09. The maximum absolute atomic E-state index is 12.1. The number of nitrogens with zero attached hydrogens (tertiary/aromatic N) is 1. The van der Waals surface area contributed by atoms with E-state index in [1.807, 2.05) is 28.1 Å². The topological polar surface area (TPSA) is 108 Å². The van der Waals surface area contributed by atoms with Crippen molar-refractivity contribution in [2.45, 2.75) is 97.0 Å². The van der Waals surface area contributed by atoms with Crippen molar-refractivity contribution in [3.05, 3.63) is 0 Å². The summed E-state index contributed by atoms with van der Waals surface area (Å²) in [7, 11) is 1.47. The summed E-state index contributed by atoms with van der Waals surface area (Å²) in [5, 5.41) is 0. The molecule has 0 saturated carbocycles. The van der Waals surface area contributed by atoms with Crippen LogP contribution >= 0.6 is 7.82 Å². The molecule has 2 atom stereocenters. The van der Waals surface area contributed by atoms with E-state index in [0.717, 1.165) is 19.3 Å². The Balaban J connectivity index is 4.32. The molecule has 34 heavy (non-hydrogen) atoms. The predicted octanol–water partition coefficient (Wildman–Crippen LogP) is 5.00. The van der Waals surface area contributed by atoms with Gasteiger partial charge in [0.1, 0.15) is 19.8 Å². The highest BCUT2D eigenvalue weighted by Gasteiger charge is 2.26. The van der Waals surface area contributed by atoms with E-state index in [1.54, 1.807) is 0 Å². The van der Waals surface area contributed by atoms with Gasteiger partial charge in [-0.25, -0.2) is 4.57 Å². The number of unbranched alkanes of at least 4 members (excludes halogenated alkanes) is 8. The van der Waals surface area contributed by atoms with Crippen LogP contribution in [-0.4, -0.2) is 74.9 Å². The number of carbonyl (C=O) groups is 2. The van der Waals surface area contributed by atoms with E-state index in [-0.39, 0.29) is 25.6 Å². The van der Waals surface area contributed by atoms with Crippen molar-refractivity contribution in [1.82, 2.24) is 0 Å². The first-order chi connectivity index (χ1) is 16.0. The zero-order valence-electron chi connectivity index (χ0n) is 22.1. The summed E-state index contributed by atoms with van der Waals surface area (Å²) in [6, 6.07) is 0. The van der Waals surface area contributed by atoms with Crippen molar-refractivity contribution in [3.8, 4) is 0 Å². The number of phosphoric ester groups is 1. The van der Waals surface area contributed by atoms with Gasteiger partial charge in [-0.15, -0.1) is 0 Å². The maximum Gasteiger partial charge on any atom is 0.472 e. The van der Waals surface area contributed by atoms with Crippen LogP contribution in [0.25, 0.3) is 0 Å². The van der Waals surface area contributed by atoms with Crippen molar-refractivity contribution >= 4 is 19.8 Å². The second-order valence-electron chi connectivity index (χ2n) is 9.73. The van der Waals surface area contributed by atoms with Crippen molar-refractivity contribution < 1.29 is 42.1 Å². The van der Waals surface area contributed by atoms with Crippen molar-refractivity contribution in [2.24, 2.45) is 0 Å². The van der Waals surface area contributed by atoms with Crippen LogP contribution in [0, 0.1) is 0 Å². The third-order valence-electron chi connectivity index (χ3n) is 5.11. The Kier molecular flexibility index (Phi) is 18.7. The van der Waals surface area contributed by atoms with Gasteiger partial charge in [-0.2, -0.15) is 0 Å². The molecule has 0 aromatic heterocycles. The van der Waals surface area contributed by atoms with Crippen LogP contribution < -0.4 is 0 Å². The second kappa shape index (κ2) is 19.2. The van der Waals surface area contributed by atoms with Gasteiger partial charge in [0.2, 0.25) is 0 Å². The highest BCUT2D eigenvalue weighted by molar-refractivity contribution is 7.47. The zero-order chi connectivity index (χ0) is 25.9. The van der Waals surface area contributed by atoms with Gasteiger partial charge >= 0.3 is 19.8 Å². The molecule has 0 fully saturated rings. The van der Waals surface area contributed by atoms with Crippen LogP contribution in [0.15, 0.2) is 0 Å². The van der Waals surface area contributed by atoms with Gasteiger partial charge in [-0.05, 0) is 12.8 Å². The lowest BCUT2D eigenvalue weighted by Gasteiger charge is -2.24. The summed E-state index contributed by atoms with van der Waals surface area (Å²) < 4.78 is 33.1. The second-order valence-corrected chi connectivity index (χ2v) is 11.2. The Morgan fingerprint density at radius 2 is 1.38 bits per heavy atom. The number of ether oxygens (including phenoxy) is 2. The summed E-state index contributed by atoms with van der Waals surface area (Å²) in [6.45, 7) is 3.95. The number of phosphoric acid groups is 1. The third kappa shape index (κ3) is 21.5. The molecule has 9 nitrogen and oxygen atoms in total. The number of likely N-dealkylation sites (N-methyl/N-ethyl adjacent to an activating group) is 1. The molecule has 10 heteroatoms. The molecule has 0 rings (SSSR count). The zero-order valence-corrected chi connectivity index (χ0v) is 23.0. The normalized spacial score (nSPS) is 14.4. The van der Waals surface area contributed by atoms with Crippen molar-refractivity contribution in [1.29, 1.82) is 0 Å². The number of carbonyl (C=O) groups excluding carboxylic acids is 2. The van der Waals surface area contributed by atoms with Crippen molar-refractivity contribution in [3.63, 3.8) is 0 Å². The fourth-order valence-electron chi connectivity index (χ4n) is 3.05. The molecule has 0 saturated heterocycles. The fraction of sp³-hybridized carbons (Fsp3) is 0.917. The molecular formula is C24H49NO8P+. The van der Waals surface area contributed by atoms with Gasteiger partial charge in [0.25, 0.3) is 0 Å². The van der Waals surface area contributed by atoms with Gasteiger partial charge in [0.05, 0.1) is 27.7 Å². The van der Waals surface area contributed by atoms with Crippen LogP contribution in [-0.2, 0) is 32.7 Å². The lowest BCUT2D eigenvalue weighted by molar-refractivity contribution is -0.870. The monoisotopic (exact) mass is 510 g/mol. The number of esters is 2. The van der Waals surface area contributed by atoms with Crippen LogP contribution in [0.4, 0.5) is 0 Å². The van der Waals surface area contributed by atoms with Gasteiger partial charge in [0, 0.05) is 12.8 Å². The van der Waals surface area contributed by atoms with E-state index in [0.29, 0.717) is 23.9 Å². The number of quaternary nitrogens is 1. The molecule has 0 aromatic rings. The minimum absolute atomic E-state index is 0.0330. The summed E-state index contributed by atoms with van der Waals surface area (Å²) in [6.07, 6.45) is 10.5. The van der Waals surface area contributed by atoms with Gasteiger partial charge < -0.3 is 18.9 Å². The molecule has 202 valence electrons. The first-order valence-electron chi connectivity index (χ1n) is 12.8. The van der Waals surface area contributed by atoms with Gasteiger partial charge in [0.15, 0.2) is 6.10 Å². The first kappa shape index (κ1) is 33.0. The Morgan fingerprint density at radius 1 is 0.794 bits per heavy atom. The van der Waals surface area contributed by atoms with Crippen LogP contribution in [0.2, 0.25) is 0 Å². The lowest BCUT2D eigenvalue weighted by atomic mass is 10.1. The molecular weight excluding hydrogens is 461 g/mol. The lowest BCUT2D eigenvalue weighted by Crippen LogP contribution is -2.37. The fourth-order valence-corrected chi connectivity index (χ4v) is 3.79. The molecule has 0 aliphatic heterocycles. The predicted molar refractivity (Wildman–Crippen MR) is 132 cm³/mol. The standard InChI is InChI=1S/C24H48NO8P/c1-6-8-9-10-11-12-13-14-15-17-23(26)30-20-22(33-24(27)16-7-2)21-32-34(28,29)31-19-18-25(3,4)5/h22H,6-21H2,1-5H3/p+1/t22-/m1/s1. The SMILES string of the molecule is CCCCCCCCCCCC(=O)OC[C@H](COP(=O)(O)OCC[N+](C)(C)C)OC(=O)CCC. The molecule has 0 bridgehead atoms.